The Labute approximate surface area is 165 Å². The topological polar surface area (TPSA) is 12.9 Å². The summed E-state index contributed by atoms with van der Waals surface area (Å²) in [5, 5.41) is 7.72. The second-order valence-electron chi connectivity index (χ2n) is 8.00. The van der Waals surface area contributed by atoms with Gasteiger partial charge in [-0.3, -0.25) is 4.98 Å². The minimum absolute atomic E-state index is 0.672. The highest BCUT2D eigenvalue weighted by atomic mass is 14.7. The minimum Gasteiger partial charge on any atom is -0.256 e. The molecule has 0 aliphatic carbocycles. The van der Waals surface area contributed by atoms with Crippen LogP contribution in [-0.2, 0) is 6.42 Å². The zero-order chi connectivity index (χ0) is 19.1. The van der Waals surface area contributed by atoms with Crippen LogP contribution in [0.5, 0.6) is 0 Å². The van der Waals surface area contributed by atoms with Gasteiger partial charge in [-0.2, -0.15) is 0 Å². The predicted octanol–water partition coefficient (Wildman–Crippen LogP) is 7.41. The molecule has 0 atom stereocenters. The van der Waals surface area contributed by atoms with Crippen molar-refractivity contribution < 1.29 is 0 Å². The average molecular weight is 361 g/mol. The van der Waals surface area contributed by atoms with Crippen LogP contribution < -0.4 is 0 Å². The standard InChI is InChI=1S/C27H23N/c1-18(2)16-19-8-10-22-21(17-19)9-11-24-23(22)12-13-26-25(24)14-15-28-27(26)20-6-4-3-5-7-20/h3-15,17-18H,16H2,1-2H3. The van der Waals surface area contributed by atoms with Crippen LogP contribution in [0, 0.1) is 5.92 Å². The summed E-state index contributed by atoms with van der Waals surface area (Å²) in [5.74, 6) is 0.672. The van der Waals surface area contributed by atoms with E-state index in [1.165, 1.54) is 37.9 Å². The molecule has 0 radical (unpaired) electrons. The number of aromatic nitrogens is 1. The van der Waals surface area contributed by atoms with E-state index >= 15 is 0 Å². The van der Waals surface area contributed by atoms with Crippen LogP contribution in [0.15, 0.2) is 85.1 Å². The first-order valence-electron chi connectivity index (χ1n) is 9.99. The third-order valence-electron chi connectivity index (χ3n) is 5.51. The molecular formula is C27H23N. The number of fused-ring (bicyclic) bond motifs is 5. The lowest BCUT2D eigenvalue weighted by Crippen LogP contribution is -1.93. The van der Waals surface area contributed by atoms with Gasteiger partial charge < -0.3 is 0 Å². The number of nitrogens with zero attached hydrogens (tertiary/aromatic N) is 1. The van der Waals surface area contributed by atoms with Gasteiger partial charge in [0.25, 0.3) is 0 Å². The molecule has 0 aliphatic heterocycles. The highest BCUT2D eigenvalue weighted by Gasteiger charge is 2.10. The van der Waals surface area contributed by atoms with Crippen molar-refractivity contribution in [3.63, 3.8) is 0 Å². The molecule has 0 N–H and O–H groups in total. The molecule has 136 valence electrons. The van der Waals surface area contributed by atoms with Crippen molar-refractivity contribution in [2.75, 3.05) is 0 Å². The van der Waals surface area contributed by atoms with E-state index in [9.17, 15) is 0 Å². The quantitative estimate of drug-likeness (QED) is 0.305. The van der Waals surface area contributed by atoms with Crippen molar-refractivity contribution in [2.24, 2.45) is 5.92 Å². The van der Waals surface area contributed by atoms with Gasteiger partial charge in [-0.1, -0.05) is 86.6 Å². The highest BCUT2D eigenvalue weighted by molar-refractivity contribution is 6.18. The first-order chi connectivity index (χ1) is 13.7. The van der Waals surface area contributed by atoms with Crippen molar-refractivity contribution in [3.05, 3.63) is 90.6 Å². The van der Waals surface area contributed by atoms with E-state index < -0.39 is 0 Å². The van der Waals surface area contributed by atoms with Gasteiger partial charge in [-0.05, 0) is 50.9 Å². The molecule has 4 aromatic carbocycles. The van der Waals surface area contributed by atoms with Crippen LogP contribution in [-0.4, -0.2) is 4.98 Å². The first-order valence-corrected chi connectivity index (χ1v) is 9.99. The number of hydrogen-bond acceptors (Lipinski definition) is 1. The molecule has 1 heterocycles. The largest absolute Gasteiger partial charge is 0.256 e. The summed E-state index contributed by atoms with van der Waals surface area (Å²) in [4.78, 5) is 4.69. The van der Waals surface area contributed by atoms with Gasteiger partial charge >= 0.3 is 0 Å². The number of rotatable bonds is 3. The van der Waals surface area contributed by atoms with Crippen molar-refractivity contribution >= 4 is 32.3 Å². The fraction of sp³-hybridized carbons (Fsp3) is 0.148. The fourth-order valence-electron chi connectivity index (χ4n) is 4.29. The molecule has 0 saturated heterocycles. The van der Waals surface area contributed by atoms with E-state index in [1.54, 1.807) is 0 Å². The van der Waals surface area contributed by atoms with Gasteiger partial charge in [-0.25, -0.2) is 0 Å². The lowest BCUT2D eigenvalue weighted by Gasteiger charge is -2.12. The van der Waals surface area contributed by atoms with Crippen molar-refractivity contribution in [1.29, 1.82) is 0 Å². The Balaban J connectivity index is 1.75. The zero-order valence-electron chi connectivity index (χ0n) is 16.3. The summed E-state index contributed by atoms with van der Waals surface area (Å²) >= 11 is 0. The van der Waals surface area contributed by atoms with Gasteiger partial charge in [0.1, 0.15) is 0 Å². The van der Waals surface area contributed by atoms with Crippen LogP contribution >= 0.6 is 0 Å². The first kappa shape index (κ1) is 16.9. The lowest BCUT2D eigenvalue weighted by molar-refractivity contribution is 0.648. The molecule has 0 amide bonds. The van der Waals surface area contributed by atoms with E-state index in [0.717, 1.165) is 17.7 Å². The zero-order valence-corrected chi connectivity index (χ0v) is 16.3. The van der Waals surface area contributed by atoms with Crippen LogP contribution in [0.25, 0.3) is 43.6 Å². The van der Waals surface area contributed by atoms with Crippen molar-refractivity contribution in [2.45, 2.75) is 20.3 Å². The molecule has 0 spiro atoms. The maximum absolute atomic E-state index is 4.69. The molecule has 28 heavy (non-hydrogen) atoms. The summed E-state index contributed by atoms with van der Waals surface area (Å²) in [7, 11) is 0. The summed E-state index contributed by atoms with van der Waals surface area (Å²) in [6.45, 7) is 4.55. The molecule has 5 rings (SSSR count). The van der Waals surface area contributed by atoms with Gasteiger partial charge in [-0.15, -0.1) is 0 Å². The van der Waals surface area contributed by atoms with Crippen LogP contribution in [0.1, 0.15) is 19.4 Å². The third-order valence-corrected chi connectivity index (χ3v) is 5.51. The molecule has 1 nitrogen and oxygen atoms in total. The molecule has 0 saturated carbocycles. The summed E-state index contributed by atoms with van der Waals surface area (Å²) in [6, 6.07) is 28.5. The second-order valence-corrected chi connectivity index (χ2v) is 8.00. The van der Waals surface area contributed by atoms with Gasteiger partial charge in [0, 0.05) is 17.1 Å². The molecule has 5 aromatic rings. The van der Waals surface area contributed by atoms with Crippen LogP contribution in [0.3, 0.4) is 0 Å². The molecule has 0 bridgehead atoms. The van der Waals surface area contributed by atoms with E-state index in [0.29, 0.717) is 5.92 Å². The Morgan fingerprint density at radius 3 is 2.18 bits per heavy atom. The Hall–Kier alpha value is -3.19. The van der Waals surface area contributed by atoms with E-state index in [4.69, 9.17) is 0 Å². The van der Waals surface area contributed by atoms with Crippen molar-refractivity contribution in [3.8, 4) is 11.3 Å². The Kier molecular flexibility index (Phi) is 4.09. The predicted molar refractivity (Wildman–Crippen MR) is 121 cm³/mol. The van der Waals surface area contributed by atoms with Gasteiger partial charge in [0.05, 0.1) is 5.69 Å². The Morgan fingerprint density at radius 1 is 0.679 bits per heavy atom. The summed E-state index contributed by atoms with van der Waals surface area (Å²) in [6.07, 6.45) is 3.05. The second kappa shape index (κ2) is 6.76. The van der Waals surface area contributed by atoms with E-state index in [2.05, 4.69) is 91.6 Å². The minimum atomic E-state index is 0.672. The lowest BCUT2D eigenvalue weighted by atomic mass is 9.93. The molecule has 1 aromatic heterocycles. The van der Waals surface area contributed by atoms with Crippen molar-refractivity contribution in [1.82, 2.24) is 4.98 Å². The SMILES string of the molecule is CC(C)Cc1ccc2c(ccc3c4ccnc(-c5ccccc5)c4ccc23)c1. The average Bonchev–Trinajstić information content (AvgIpc) is 2.72. The molecule has 1 heteroatoms. The monoisotopic (exact) mass is 361 g/mol. The molecular weight excluding hydrogens is 338 g/mol. The van der Waals surface area contributed by atoms with Crippen LogP contribution in [0.4, 0.5) is 0 Å². The van der Waals surface area contributed by atoms with Gasteiger partial charge in [0.15, 0.2) is 0 Å². The summed E-state index contributed by atoms with van der Waals surface area (Å²) in [5.41, 5.74) is 3.62. The van der Waals surface area contributed by atoms with Gasteiger partial charge in [0.2, 0.25) is 0 Å². The maximum atomic E-state index is 4.69. The normalized spacial score (nSPS) is 11.7. The third kappa shape index (κ3) is 2.84. The maximum Gasteiger partial charge on any atom is 0.0780 e. The van der Waals surface area contributed by atoms with Crippen LogP contribution in [0.2, 0.25) is 0 Å². The molecule has 0 unspecified atom stereocenters. The highest BCUT2D eigenvalue weighted by Crippen LogP contribution is 2.35. The fourth-order valence-corrected chi connectivity index (χ4v) is 4.29. The summed E-state index contributed by atoms with van der Waals surface area (Å²) < 4.78 is 0. The number of benzene rings is 4. The number of hydrogen-bond donors (Lipinski definition) is 0. The van der Waals surface area contributed by atoms with E-state index in [-0.39, 0.29) is 0 Å². The Bertz CT molecular complexity index is 1300. The molecule has 0 fully saturated rings. The Morgan fingerprint density at radius 2 is 1.36 bits per heavy atom. The molecule has 0 aliphatic rings. The smallest absolute Gasteiger partial charge is 0.0780 e. The number of pyridine rings is 1. The van der Waals surface area contributed by atoms with E-state index in [1.807, 2.05) is 12.3 Å².